The van der Waals surface area contributed by atoms with E-state index in [4.69, 9.17) is 18.4 Å². The van der Waals surface area contributed by atoms with Crippen LogP contribution in [-0.2, 0) is 28.5 Å². The summed E-state index contributed by atoms with van der Waals surface area (Å²) in [5, 5.41) is 0. The highest BCUT2D eigenvalue weighted by atomic mass is 32.2. The van der Waals surface area contributed by atoms with Gasteiger partial charge in [-0.15, -0.1) is 6.58 Å². The molecule has 7 heteroatoms. The lowest BCUT2D eigenvalue weighted by atomic mass is 10.1. The normalized spacial score (nSPS) is 40.2. The van der Waals surface area contributed by atoms with Crippen LogP contribution in [0, 0.1) is 0 Å². The zero-order chi connectivity index (χ0) is 12.8. The third kappa shape index (κ3) is 2.69. The summed E-state index contributed by atoms with van der Waals surface area (Å²) < 4.78 is 43.9. The molecule has 0 unspecified atom stereocenters. The van der Waals surface area contributed by atoms with E-state index in [1.54, 1.807) is 13.8 Å². The van der Waals surface area contributed by atoms with Crippen molar-refractivity contribution >= 4 is 10.1 Å². The minimum Gasteiger partial charge on any atom is -0.339 e. The topological polar surface area (TPSA) is 71.1 Å². The maximum absolute atomic E-state index is 11.2. The van der Waals surface area contributed by atoms with Crippen LogP contribution < -0.4 is 0 Å². The van der Waals surface area contributed by atoms with Gasteiger partial charge in [0.25, 0.3) is 10.1 Å². The lowest BCUT2D eigenvalue weighted by Crippen LogP contribution is -2.37. The quantitative estimate of drug-likeness (QED) is 0.542. The molecule has 2 rings (SSSR count). The van der Waals surface area contributed by atoms with Gasteiger partial charge < -0.3 is 14.2 Å². The van der Waals surface area contributed by atoms with Gasteiger partial charge in [-0.2, -0.15) is 8.42 Å². The smallest absolute Gasteiger partial charge is 0.264 e. The molecular weight excluding hydrogens is 248 g/mol. The van der Waals surface area contributed by atoms with Gasteiger partial charge in [-0.25, -0.2) is 0 Å². The molecule has 0 aliphatic carbocycles. The Balaban J connectivity index is 2.19. The molecule has 0 radical (unpaired) electrons. The third-order valence-corrected chi connectivity index (χ3v) is 3.12. The number of ether oxygens (including phenoxy) is 3. The molecule has 2 aliphatic heterocycles. The van der Waals surface area contributed by atoms with Gasteiger partial charge in [-0.3, -0.25) is 4.18 Å². The predicted molar refractivity (Wildman–Crippen MR) is 58.6 cm³/mol. The molecule has 0 aromatic rings. The summed E-state index contributed by atoms with van der Waals surface area (Å²) in [6.07, 6.45) is -0.0393. The molecule has 0 amide bonds. The van der Waals surface area contributed by atoms with Crippen LogP contribution in [-0.4, -0.2) is 45.1 Å². The van der Waals surface area contributed by atoms with E-state index in [1.165, 1.54) is 6.08 Å². The second kappa shape index (κ2) is 4.03. The standard InChI is InChI=1S/C10H16O6S/c1-5-6-7(16-17(4,11)12)8-9(13-6)15-10(2,3)14-8/h5-9H,1H2,2-4H3/t6-,7+,8-,9-/m1/s1. The van der Waals surface area contributed by atoms with Gasteiger partial charge in [0.05, 0.1) is 6.26 Å². The summed E-state index contributed by atoms with van der Waals surface area (Å²) in [5.41, 5.74) is 0. The maximum atomic E-state index is 11.2. The average molecular weight is 264 g/mol. The number of hydrogen-bond donors (Lipinski definition) is 0. The van der Waals surface area contributed by atoms with Gasteiger partial charge >= 0.3 is 0 Å². The first kappa shape index (κ1) is 13.0. The molecule has 2 aliphatic rings. The van der Waals surface area contributed by atoms with Crippen LogP contribution in [0.1, 0.15) is 13.8 Å². The van der Waals surface area contributed by atoms with Crippen molar-refractivity contribution < 1.29 is 26.8 Å². The SMILES string of the molecule is C=C[C@H]1O[C@@H]2OC(C)(C)O[C@@H]2[C@H]1OS(C)(=O)=O. The summed E-state index contributed by atoms with van der Waals surface area (Å²) in [6, 6.07) is 0. The Hall–Kier alpha value is -0.470. The zero-order valence-corrected chi connectivity index (χ0v) is 10.8. The van der Waals surface area contributed by atoms with Crippen LogP contribution in [0.5, 0.6) is 0 Å². The number of rotatable bonds is 3. The maximum Gasteiger partial charge on any atom is 0.264 e. The minimum absolute atomic E-state index is 0.559. The van der Waals surface area contributed by atoms with Gasteiger partial charge in [-0.1, -0.05) is 6.08 Å². The minimum atomic E-state index is -3.59. The Labute approximate surface area is 101 Å². The fraction of sp³-hybridized carbons (Fsp3) is 0.800. The van der Waals surface area contributed by atoms with Crippen LogP contribution in [0.3, 0.4) is 0 Å². The first-order valence-corrected chi connectivity index (χ1v) is 7.05. The van der Waals surface area contributed by atoms with Gasteiger partial charge in [0.2, 0.25) is 0 Å². The second-order valence-electron chi connectivity index (χ2n) is 4.57. The molecule has 2 heterocycles. The van der Waals surface area contributed by atoms with E-state index in [2.05, 4.69) is 6.58 Å². The second-order valence-corrected chi connectivity index (χ2v) is 6.17. The van der Waals surface area contributed by atoms with Gasteiger partial charge in [0.1, 0.15) is 18.3 Å². The molecule has 4 atom stereocenters. The van der Waals surface area contributed by atoms with Crippen molar-refractivity contribution in [1.82, 2.24) is 0 Å². The number of hydrogen-bond acceptors (Lipinski definition) is 6. The molecule has 0 aromatic carbocycles. The van der Waals surface area contributed by atoms with Crippen LogP contribution >= 0.6 is 0 Å². The Kier molecular flexibility index (Phi) is 3.07. The van der Waals surface area contributed by atoms with Gasteiger partial charge in [-0.05, 0) is 13.8 Å². The zero-order valence-electron chi connectivity index (χ0n) is 9.95. The van der Waals surface area contributed by atoms with Gasteiger partial charge in [0.15, 0.2) is 12.1 Å². The van der Waals surface area contributed by atoms with E-state index in [0.717, 1.165) is 6.26 Å². The average Bonchev–Trinajstić information content (AvgIpc) is 2.58. The molecule has 2 fully saturated rings. The van der Waals surface area contributed by atoms with E-state index in [-0.39, 0.29) is 0 Å². The first-order valence-electron chi connectivity index (χ1n) is 5.24. The Morgan fingerprint density at radius 2 is 2.00 bits per heavy atom. The van der Waals surface area contributed by atoms with E-state index in [0.29, 0.717) is 0 Å². The molecule has 0 saturated carbocycles. The van der Waals surface area contributed by atoms with Crippen LogP contribution in [0.15, 0.2) is 12.7 Å². The van der Waals surface area contributed by atoms with Crippen molar-refractivity contribution in [2.75, 3.05) is 6.26 Å². The molecular formula is C10H16O6S. The van der Waals surface area contributed by atoms with E-state index >= 15 is 0 Å². The molecule has 0 N–H and O–H groups in total. The highest BCUT2D eigenvalue weighted by molar-refractivity contribution is 7.86. The third-order valence-electron chi connectivity index (χ3n) is 2.55. The summed E-state index contributed by atoms with van der Waals surface area (Å²) >= 11 is 0. The highest BCUT2D eigenvalue weighted by Crippen LogP contribution is 2.39. The van der Waals surface area contributed by atoms with Crippen molar-refractivity contribution in [3.05, 3.63) is 12.7 Å². The summed E-state index contributed by atoms with van der Waals surface area (Å²) in [7, 11) is -3.59. The summed E-state index contributed by atoms with van der Waals surface area (Å²) in [4.78, 5) is 0. The van der Waals surface area contributed by atoms with Crippen LogP contribution in [0.2, 0.25) is 0 Å². The lowest BCUT2D eigenvalue weighted by Gasteiger charge is -2.23. The predicted octanol–water partition coefficient (Wildman–Crippen LogP) is 0.394. The van der Waals surface area contributed by atoms with Crippen LogP contribution in [0.25, 0.3) is 0 Å². The molecule has 6 nitrogen and oxygen atoms in total. The van der Waals surface area contributed by atoms with Crippen LogP contribution in [0.4, 0.5) is 0 Å². The van der Waals surface area contributed by atoms with E-state index < -0.39 is 40.5 Å². The van der Waals surface area contributed by atoms with Gasteiger partial charge in [0, 0.05) is 0 Å². The largest absolute Gasteiger partial charge is 0.339 e. The highest BCUT2D eigenvalue weighted by Gasteiger charge is 2.55. The summed E-state index contributed by atoms with van der Waals surface area (Å²) in [6.45, 7) is 7.04. The fourth-order valence-electron chi connectivity index (χ4n) is 2.01. The Morgan fingerprint density at radius 1 is 1.35 bits per heavy atom. The Morgan fingerprint density at radius 3 is 2.53 bits per heavy atom. The lowest BCUT2D eigenvalue weighted by molar-refractivity contribution is -0.207. The molecule has 2 saturated heterocycles. The molecule has 17 heavy (non-hydrogen) atoms. The summed E-state index contributed by atoms with van der Waals surface area (Å²) in [5.74, 6) is -0.805. The molecule has 0 aromatic heterocycles. The molecule has 0 spiro atoms. The Bertz CT molecular complexity index is 415. The van der Waals surface area contributed by atoms with Crippen molar-refractivity contribution in [1.29, 1.82) is 0 Å². The first-order chi connectivity index (χ1) is 7.72. The van der Waals surface area contributed by atoms with Crippen molar-refractivity contribution in [2.45, 2.75) is 44.2 Å². The van der Waals surface area contributed by atoms with Crippen molar-refractivity contribution in [3.8, 4) is 0 Å². The van der Waals surface area contributed by atoms with Crippen molar-refractivity contribution in [3.63, 3.8) is 0 Å². The van der Waals surface area contributed by atoms with E-state index in [1.807, 2.05) is 0 Å². The molecule has 0 bridgehead atoms. The molecule has 98 valence electrons. The monoisotopic (exact) mass is 264 g/mol. The van der Waals surface area contributed by atoms with E-state index in [9.17, 15) is 8.42 Å². The van der Waals surface area contributed by atoms with Crippen molar-refractivity contribution in [2.24, 2.45) is 0 Å². The fourth-order valence-corrected chi connectivity index (χ4v) is 2.63. The number of fused-ring (bicyclic) bond motifs is 1.